The van der Waals surface area contributed by atoms with Crippen molar-refractivity contribution in [2.24, 2.45) is 10.8 Å². The first-order chi connectivity index (χ1) is 30.3. The second-order valence-electron chi connectivity index (χ2n) is 23.8. The van der Waals surface area contributed by atoms with E-state index in [1.54, 1.807) is 11.1 Å². The summed E-state index contributed by atoms with van der Waals surface area (Å²) in [5.41, 5.74) is 14.9. The molecule has 343 valence electrons. The van der Waals surface area contributed by atoms with E-state index in [-0.39, 0.29) is 7.25 Å². The minimum atomic E-state index is -5.16. The quantitative estimate of drug-likeness (QED) is 0.0925. The summed E-state index contributed by atoms with van der Waals surface area (Å²) in [5.74, 6) is -1.77. The van der Waals surface area contributed by atoms with Gasteiger partial charge in [0.25, 0.3) is 0 Å². The third kappa shape index (κ3) is 9.20. The molecule has 64 heavy (non-hydrogen) atoms. The third-order valence-electron chi connectivity index (χ3n) is 17.6. The maximum atomic E-state index is 9.37. The van der Waals surface area contributed by atoms with E-state index >= 15 is 0 Å². The number of rotatable bonds is 13. The molecule has 2 unspecified atom stereocenters. The average Bonchev–Trinajstić information content (AvgIpc) is 3.62. The molecule has 0 nitrogen and oxygen atoms in total. The molecule has 0 amide bonds. The zero-order chi connectivity index (χ0) is 45.7. The summed E-state index contributed by atoms with van der Waals surface area (Å²) < 4.78 is 0.204. The Hall–Kier alpha value is -1.53. The molecule has 4 aromatic carbocycles. The molecule has 2 atom stereocenters. The molecule has 0 aromatic heterocycles. The summed E-state index contributed by atoms with van der Waals surface area (Å²) >= 11 is -5.16. The second-order valence-corrected chi connectivity index (χ2v) is 76.5. The first kappa shape index (κ1) is 48.9. The molecular formula is C58H81Cl2Si3Zr. The second kappa shape index (κ2) is 18.8. The third-order valence-corrected chi connectivity index (χ3v) is 73.6. The first-order valence-corrected chi connectivity index (χ1v) is 49.1. The van der Waals surface area contributed by atoms with Gasteiger partial charge in [0.15, 0.2) is 0 Å². The molecule has 2 saturated carbocycles. The van der Waals surface area contributed by atoms with Crippen LogP contribution < -0.4 is 10.4 Å². The number of benzene rings is 4. The van der Waals surface area contributed by atoms with E-state index < -0.39 is 37.6 Å². The van der Waals surface area contributed by atoms with Crippen molar-refractivity contribution in [2.45, 2.75) is 176 Å². The Bertz CT molecular complexity index is 2200. The van der Waals surface area contributed by atoms with Crippen LogP contribution in [0, 0.1) is 10.8 Å². The molecule has 4 aliphatic carbocycles. The molecule has 0 bridgehead atoms. The van der Waals surface area contributed by atoms with E-state index in [1.165, 1.54) is 145 Å². The van der Waals surface area contributed by atoms with Gasteiger partial charge in [0.2, 0.25) is 0 Å². The predicted octanol–water partition coefficient (Wildman–Crippen LogP) is 17.9. The molecule has 6 heteroatoms. The number of hydrogen-bond acceptors (Lipinski definition) is 0. The van der Waals surface area contributed by atoms with Gasteiger partial charge in [0, 0.05) is 0 Å². The number of halogens is 2. The topological polar surface area (TPSA) is 0 Å². The number of hydrogen-bond donors (Lipinski definition) is 0. The van der Waals surface area contributed by atoms with Gasteiger partial charge in [-0.2, -0.15) is 0 Å². The van der Waals surface area contributed by atoms with Crippen molar-refractivity contribution in [1.82, 2.24) is 0 Å². The van der Waals surface area contributed by atoms with E-state index in [9.17, 15) is 17.0 Å². The fraction of sp³-hybridized carbons (Fsp3) is 0.517. The minimum absolute atomic E-state index is 0.102. The van der Waals surface area contributed by atoms with Gasteiger partial charge in [-0.1, -0.05) is 0 Å². The Morgan fingerprint density at radius 3 is 1.16 bits per heavy atom. The molecule has 4 aromatic rings. The molecule has 0 saturated heterocycles. The number of allylic oxidation sites excluding steroid dienone is 2. The van der Waals surface area contributed by atoms with Gasteiger partial charge >= 0.3 is 405 Å². The zero-order valence-electron chi connectivity index (χ0n) is 41.5. The molecule has 8 rings (SSSR count). The van der Waals surface area contributed by atoms with Crippen LogP contribution in [0.1, 0.15) is 146 Å². The summed E-state index contributed by atoms with van der Waals surface area (Å²) in [5, 5.41) is 3.03. The summed E-state index contributed by atoms with van der Waals surface area (Å²) in [7, 11) is 15.9. The molecule has 4 aliphatic rings. The average molecular weight is 1020 g/mol. The Labute approximate surface area is 401 Å². The van der Waals surface area contributed by atoms with E-state index in [1.807, 2.05) is 0 Å². The van der Waals surface area contributed by atoms with E-state index in [0.29, 0.717) is 10.8 Å². The molecule has 0 radical (unpaired) electrons. The molecule has 0 spiro atoms. The Morgan fingerprint density at radius 2 is 0.859 bits per heavy atom. The summed E-state index contributed by atoms with van der Waals surface area (Å²) in [4.78, 5) is 0. The molecular weight excluding hydrogens is 943 g/mol. The van der Waals surface area contributed by atoms with E-state index in [2.05, 4.69) is 163 Å². The van der Waals surface area contributed by atoms with Gasteiger partial charge in [0.1, 0.15) is 0 Å². The van der Waals surface area contributed by atoms with Crippen LogP contribution in [0.5, 0.6) is 0 Å². The van der Waals surface area contributed by atoms with Gasteiger partial charge in [-0.05, 0) is 0 Å². The maximum absolute atomic E-state index is 9.37. The Balaban J connectivity index is 1.36. The van der Waals surface area contributed by atoms with Crippen molar-refractivity contribution < 1.29 is 15.6 Å². The van der Waals surface area contributed by atoms with Crippen molar-refractivity contribution in [3.63, 3.8) is 0 Å². The van der Waals surface area contributed by atoms with Crippen LogP contribution in [0.25, 0.3) is 34.4 Å². The Morgan fingerprint density at radius 1 is 0.516 bits per heavy atom. The van der Waals surface area contributed by atoms with Crippen LogP contribution >= 0.6 is 17.0 Å². The van der Waals surface area contributed by atoms with Crippen molar-refractivity contribution in [3.8, 4) is 22.3 Å². The number of fused-ring (bicyclic) bond motifs is 2. The fourth-order valence-electron chi connectivity index (χ4n) is 13.3. The summed E-state index contributed by atoms with van der Waals surface area (Å²) in [6, 6.07) is 33.8. The monoisotopic (exact) mass is 1020 g/mol. The van der Waals surface area contributed by atoms with Crippen LogP contribution in [0.4, 0.5) is 0 Å². The molecule has 0 heterocycles. The van der Waals surface area contributed by atoms with Crippen molar-refractivity contribution >= 4 is 61.6 Å². The zero-order valence-corrected chi connectivity index (χ0v) is 48.7. The van der Waals surface area contributed by atoms with Crippen LogP contribution in [0.15, 0.2) is 96.1 Å². The molecule has 0 aliphatic heterocycles. The summed E-state index contributed by atoms with van der Waals surface area (Å²) in [6.07, 6.45) is 26.2. The SMILES string of the molecule is CCC1(CC2=Cc3c(-c4ccc([Si](C)(C)C)cc4)cccc3[CH]2[Zr]([Cl])([Cl])([CH]2C(CC3(CC)CCCCCC3)=Cc3c(-c4ccc([Si](C)(C)C)cc4)cccc32)[SiH](C)C)CCCCCC1. The van der Waals surface area contributed by atoms with Crippen LogP contribution in [0.3, 0.4) is 0 Å². The fourth-order valence-corrected chi connectivity index (χ4v) is 46.9. The van der Waals surface area contributed by atoms with Crippen molar-refractivity contribution in [3.05, 3.63) is 118 Å². The van der Waals surface area contributed by atoms with Crippen LogP contribution in [0.2, 0.25) is 52.4 Å². The van der Waals surface area contributed by atoms with Crippen LogP contribution in [-0.2, 0) is 15.6 Å². The van der Waals surface area contributed by atoms with Crippen molar-refractivity contribution in [1.29, 1.82) is 0 Å². The van der Waals surface area contributed by atoms with Gasteiger partial charge in [0.05, 0.1) is 0 Å². The van der Waals surface area contributed by atoms with Gasteiger partial charge in [-0.3, -0.25) is 0 Å². The first-order valence-electron chi connectivity index (χ1n) is 25.8. The van der Waals surface area contributed by atoms with Gasteiger partial charge in [-0.25, -0.2) is 0 Å². The standard InChI is InChI=1S/2C28H37Si.C2H7Si.2ClH.Zr/c2*1-5-28(17-8-6-7-9-18-28)21-22-19-24-11-10-12-26(27(24)20-22)23-13-15-25(16-14-23)29(2,3)4;1-3-2;;;/h2*10-16,19-20H,5-9,17-18,21H2,1-4H3;3H,1-2H3;2*1H;/q;;;;;+2/p-2. The molecule has 0 N–H and O–H groups in total. The van der Waals surface area contributed by atoms with E-state index in [0.717, 1.165) is 12.8 Å². The summed E-state index contributed by atoms with van der Waals surface area (Å²) in [6.45, 7) is 24.9. The van der Waals surface area contributed by atoms with Gasteiger partial charge < -0.3 is 0 Å². The van der Waals surface area contributed by atoms with Crippen molar-refractivity contribution in [2.75, 3.05) is 0 Å². The predicted molar refractivity (Wildman–Crippen MR) is 292 cm³/mol. The van der Waals surface area contributed by atoms with Gasteiger partial charge in [-0.15, -0.1) is 0 Å². The van der Waals surface area contributed by atoms with Crippen LogP contribution in [-0.4, -0.2) is 22.1 Å². The molecule has 2 fully saturated rings. The van der Waals surface area contributed by atoms with E-state index in [4.69, 9.17) is 0 Å². The Kier molecular flexibility index (Phi) is 14.3. The normalized spacial score (nSPS) is 21.9.